The first-order chi connectivity index (χ1) is 11.2. The van der Waals surface area contributed by atoms with Crippen molar-refractivity contribution in [2.24, 2.45) is 7.05 Å². The second-order valence-corrected chi connectivity index (χ2v) is 6.10. The van der Waals surface area contributed by atoms with Crippen molar-refractivity contribution >= 4 is 22.1 Å². The van der Waals surface area contributed by atoms with Gasteiger partial charge in [-0.15, -0.1) is 0 Å². The Morgan fingerprint density at radius 2 is 1.96 bits per heavy atom. The van der Waals surface area contributed by atoms with Crippen molar-refractivity contribution in [3.8, 4) is 11.4 Å². The zero-order valence-corrected chi connectivity index (χ0v) is 13.7. The lowest BCUT2D eigenvalue weighted by molar-refractivity contribution is 0.861. The molecule has 0 amide bonds. The van der Waals surface area contributed by atoms with Gasteiger partial charge in [-0.25, -0.2) is 9.97 Å². The Kier molecular flexibility index (Phi) is 3.18. The Labute approximate surface area is 135 Å². The van der Waals surface area contributed by atoms with E-state index in [1.54, 1.807) is 0 Å². The topological polar surface area (TPSA) is 46.5 Å². The van der Waals surface area contributed by atoms with Gasteiger partial charge in [-0.1, -0.05) is 19.1 Å². The molecule has 116 valence electrons. The highest BCUT2D eigenvalue weighted by molar-refractivity contribution is 5.86. The lowest BCUT2D eigenvalue weighted by Crippen LogP contribution is -1.93. The second kappa shape index (κ2) is 5.23. The Bertz CT molecular complexity index is 1010. The highest BCUT2D eigenvalue weighted by Gasteiger charge is 2.12. The maximum atomic E-state index is 4.82. The van der Waals surface area contributed by atoms with Crippen LogP contribution < -0.4 is 0 Å². The van der Waals surface area contributed by atoms with Gasteiger partial charge in [0.25, 0.3) is 0 Å². The van der Waals surface area contributed by atoms with Gasteiger partial charge in [0, 0.05) is 19.0 Å². The number of hydrogen-bond acceptors (Lipinski definition) is 2. The van der Waals surface area contributed by atoms with Crippen LogP contribution in [0.3, 0.4) is 0 Å². The number of para-hydroxylation sites is 1. The normalized spacial score (nSPS) is 11.6. The smallest absolute Gasteiger partial charge is 0.140 e. The van der Waals surface area contributed by atoms with Gasteiger partial charge in [0.05, 0.1) is 22.1 Å². The molecule has 0 spiro atoms. The van der Waals surface area contributed by atoms with Crippen LogP contribution in [0.4, 0.5) is 0 Å². The molecule has 2 aromatic carbocycles. The first-order valence-electron chi connectivity index (χ1n) is 8.08. The Hall–Kier alpha value is -2.62. The summed E-state index contributed by atoms with van der Waals surface area (Å²) in [6.45, 7) is 4.29. The molecule has 4 aromatic rings. The molecule has 0 atom stereocenters. The van der Waals surface area contributed by atoms with Gasteiger partial charge in [-0.2, -0.15) is 0 Å². The lowest BCUT2D eigenvalue weighted by atomic mass is 10.2. The third kappa shape index (κ3) is 2.22. The molecule has 1 N–H and O–H groups in total. The first-order valence-corrected chi connectivity index (χ1v) is 8.08. The third-order valence-corrected chi connectivity index (χ3v) is 4.37. The Balaban J connectivity index is 1.88. The van der Waals surface area contributed by atoms with Crippen molar-refractivity contribution < 1.29 is 0 Å². The molecule has 0 aliphatic rings. The molecule has 0 saturated carbocycles. The van der Waals surface area contributed by atoms with E-state index >= 15 is 0 Å². The molecule has 0 saturated heterocycles. The summed E-state index contributed by atoms with van der Waals surface area (Å²) in [5.41, 5.74) is 6.69. The Morgan fingerprint density at radius 1 is 1.09 bits per heavy atom. The van der Waals surface area contributed by atoms with Crippen LogP contribution in [0.1, 0.15) is 24.7 Å². The van der Waals surface area contributed by atoms with E-state index in [0.29, 0.717) is 0 Å². The fourth-order valence-electron chi connectivity index (χ4n) is 3.28. The molecule has 0 radical (unpaired) electrons. The summed E-state index contributed by atoms with van der Waals surface area (Å²) in [6, 6.07) is 12.6. The van der Waals surface area contributed by atoms with Crippen LogP contribution in [-0.4, -0.2) is 19.5 Å². The van der Waals surface area contributed by atoms with Crippen LogP contribution in [0.2, 0.25) is 0 Å². The number of nitrogens with zero attached hydrogens (tertiary/aromatic N) is 3. The van der Waals surface area contributed by atoms with E-state index in [1.807, 2.05) is 0 Å². The lowest BCUT2D eigenvalue weighted by Gasteiger charge is -2.04. The van der Waals surface area contributed by atoms with Gasteiger partial charge >= 0.3 is 0 Å². The van der Waals surface area contributed by atoms with Crippen molar-refractivity contribution in [1.29, 1.82) is 0 Å². The van der Waals surface area contributed by atoms with Crippen molar-refractivity contribution in [3.63, 3.8) is 0 Å². The summed E-state index contributed by atoms with van der Waals surface area (Å²) < 4.78 is 2.18. The van der Waals surface area contributed by atoms with E-state index in [-0.39, 0.29) is 0 Å². The number of fused-ring (bicyclic) bond motifs is 2. The van der Waals surface area contributed by atoms with E-state index in [2.05, 4.69) is 71.8 Å². The zero-order valence-electron chi connectivity index (χ0n) is 13.7. The van der Waals surface area contributed by atoms with Gasteiger partial charge in [0.2, 0.25) is 0 Å². The number of aromatic amines is 1. The van der Waals surface area contributed by atoms with E-state index < -0.39 is 0 Å². The maximum Gasteiger partial charge on any atom is 0.140 e. The summed E-state index contributed by atoms with van der Waals surface area (Å²) >= 11 is 0. The first kappa shape index (κ1) is 14.0. The molecule has 23 heavy (non-hydrogen) atoms. The summed E-state index contributed by atoms with van der Waals surface area (Å²) in [7, 11) is 2.08. The summed E-state index contributed by atoms with van der Waals surface area (Å²) in [5.74, 6) is 2.04. The minimum atomic E-state index is 0.982. The molecule has 0 fully saturated rings. The molecule has 2 heterocycles. The number of hydrogen-bond donors (Lipinski definition) is 1. The van der Waals surface area contributed by atoms with Crippen LogP contribution in [0.25, 0.3) is 33.5 Å². The molecular formula is C19H20N4. The van der Waals surface area contributed by atoms with E-state index in [1.165, 1.54) is 11.1 Å². The molecule has 0 bridgehead atoms. The highest BCUT2D eigenvalue weighted by atomic mass is 15.1. The summed E-state index contributed by atoms with van der Waals surface area (Å²) in [4.78, 5) is 12.9. The van der Waals surface area contributed by atoms with Gasteiger partial charge in [-0.3, -0.25) is 0 Å². The maximum absolute atomic E-state index is 4.82. The van der Waals surface area contributed by atoms with Crippen LogP contribution in [0.5, 0.6) is 0 Å². The molecule has 0 aliphatic heterocycles. The molecular weight excluding hydrogens is 284 g/mol. The molecule has 4 nitrogen and oxygen atoms in total. The van der Waals surface area contributed by atoms with E-state index in [9.17, 15) is 0 Å². The molecule has 0 unspecified atom stereocenters. The van der Waals surface area contributed by atoms with Crippen LogP contribution >= 0.6 is 0 Å². The quantitative estimate of drug-likeness (QED) is 0.610. The van der Waals surface area contributed by atoms with Crippen molar-refractivity contribution in [3.05, 3.63) is 47.8 Å². The zero-order chi connectivity index (χ0) is 16.0. The minimum absolute atomic E-state index is 0.982. The molecule has 0 aliphatic carbocycles. The Morgan fingerprint density at radius 3 is 2.74 bits per heavy atom. The standard InChI is InChI=1S/C19H20N4/c1-4-6-17-20-14-10-9-13(11-16(14)21-17)19-22-15-8-5-7-12(2)18(15)23(19)3/h5,7-11H,4,6H2,1-3H3,(H,20,21). The SMILES string of the molecule is CCCc1nc2ccc(-c3nc4cccc(C)c4n3C)cc2[nH]1. The molecule has 4 heteroatoms. The predicted octanol–water partition coefficient (Wildman–Crippen LogP) is 4.38. The second-order valence-electron chi connectivity index (χ2n) is 6.10. The number of imidazole rings is 2. The number of nitrogens with one attached hydrogen (secondary N) is 1. The van der Waals surface area contributed by atoms with Gasteiger partial charge in [-0.05, 0) is 43.2 Å². The fraction of sp³-hybridized carbons (Fsp3) is 0.263. The number of benzene rings is 2. The van der Waals surface area contributed by atoms with Crippen LogP contribution in [0, 0.1) is 6.92 Å². The number of H-pyrrole nitrogens is 1. The van der Waals surface area contributed by atoms with E-state index in [4.69, 9.17) is 4.98 Å². The number of aromatic nitrogens is 4. The van der Waals surface area contributed by atoms with E-state index in [0.717, 1.165) is 46.6 Å². The molecule has 4 rings (SSSR count). The minimum Gasteiger partial charge on any atom is -0.342 e. The number of aryl methyl sites for hydroxylation is 3. The average Bonchev–Trinajstić information content (AvgIpc) is 3.08. The third-order valence-electron chi connectivity index (χ3n) is 4.37. The molecule has 2 aromatic heterocycles. The predicted molar refractivity (Wildman–Crippen MR) is 94.5 cm³/mol. The van der Waals surface area contributed by atoms with Gasteiger partial charge in [0.15, 0.2) is 0 Å². The van der Waals surface area contributed by atoms with Crippen LogP contribution in [-0.2, 0) is 13.5 Å². The average molecular weight is 304 g/mol. The van der Waals surface area contributed by atoms with Crippen molar-refractivity contribution in [1.82, 2.24) is 19.5 Å². The van der Waals surface area contributed by atoms with Crippen LogP contribution in [0.15, 0.2) is 36.4 Å². The summed E-state index contributed by atoms with van der Waals surface area (Å²) in [5, 5.41) is 0. The largest absolute Gasteiger partial charge is 0.342 e. The van der Waals surface area contributed by atoms with Crippen molar-refractivity contribution in [2.75, 3.05) is 0 Å². The monoisotopic (exact) mass is 304 g/mol. The highest BCUT2D eigenvalue weighted by Crippen LogP contribution is 2.27. The van der Waals surface area contributed by atoms with Crippen molar-refractivity contribution in [2.45, 2.75) is 26.7 Å². The number of rotatable bonds is 3. The van der Waals surface area contributed by atoms with Gasteiger partial charge in [0.1, 0.15) is 11.6 Å². The fourth-order valence-corrected chi connectivity index (χ4v) is 3.28. The summed E-state index contributed by atoms with van der Waals surface area (Å²) in [6.07, 6.45) is 2.08. The van der Waals surface area contributed by atoms with Gasteiger partial charge < -0.3 is 9.55 Å².